The van der Waals surface area contributed by atoms with E-state index in [-0.39, 0.29) is 21.2 Å². The monoisotopic (exact) mass is 362 g/mol. The summed E-state index contributed by atoms with van der Waals surface area (Å²) in [7, 11) is -4.18. The van der Waals surface area contributed by atoms with Gasteiger partial charge < -0.3 is 9.29 Å². The molecule has 122 valence electrons. The molecule has 0 aliphatic heterocycles. The number of rotatable bonds is 4. The molecule has 0 saturated carbocycles. The summed E-state index contributed by atoms with van der Waals surface area (Å²) >= 11 is 5.75. The maximum Gasteiger partial charge on any atom is 0.339 e. The van der Waals surface area contributed by atoms with Crippen LogP contribution in [0.4, 0.5) is 0 Å². The fourth-order valence-electron chi connectivity index (χ4n) is 2.22. The summed E-state index contributed by atoms with van der Waals surface area (Å²) in [6.45, 7) is 0. The van der Waals surface area contributed by atoms with E-state index < -0.39 is 16.1 Å². The number of hydrogen-bond donors (Lipinski definition) is 1. The molecule has 0 heterocycles. The molecule has 0 atom stereocenters. The number of carbonyl (C=O) groups is 1. The number of fused-ring (bicyclic) bond motifs is 1. The molecule has 7 heteroatoms. The Morgan fingerprint density at radius 1 is 0.958 bits per heavy atom. The van der Waals surface area contributed by atoms with E-state index in [2.05, 4.69) is 0 Å². The molecular formula is C17H11ClO5S. The van der Waals surface area contributed by atoms with Gasteiger partial charge in [-0.05, 0) is 41.1 Å². The van der Waals surface area contributed by atoms with Crippen LogP contribution in [-0.2, 0) is 10.1 Å². The molecule has 1 N–H and O–H groups in total. The van der Waals surface area contributed by atoms with Gasteiger partial charge in [-0.1, -0.05) is 41.9 Å². The van der Waals surface area contributed by atoms with Gasteiger partial charge in [-0.15, -0.1) is 0 Å². The average Bonchev–Trinajstić information content (AvgIpc) is 2.54. The number of carboxylic acids is 1. The van der Waals surface area contributed by atoms with E-state index in [0.29, 0.717) is 0 Å². The van der Waals surface area contributed by atoms with Crippen LogP contribution in [0.25, 0.3) is 10.8 Å². The van der Waals surface area contributed by atoms with E-state index in [1.807, 2.05) is 24.3 Å². The van der Waals surface area contributed by atoms with Gasteiger partial charge >= 0.3 is 16.1 Å². The van der Waals surface area contributed by atoms with Gasteiger partial charge in [-0.2, -0.15) is 8.42 Å². The first-order valence-corrected chi connectivity index (χ1v) is 8.61. The van der Waals surface area contributed by atoms with Crippen molar-refractivity contribution in [3.8, 4) is 5.75 Å². The Bertz CT molecular complexity index is 1040. The zero-order valence-corrected chi connectivity index (χ0v) is 13.7. The Hall–Kier alpha value is -2.57. The third kappa shape index (κ3) is 3.20. The first-order valence-electron chi connectivity index (χ1n) is 6.83. The zero-order chi connectivity index (χ0) is 17.3. The number of aromatic carboxylic acids is 1. The molecule has 0 bridgehead atoms. The van der Waals surface area contributed by atoms with Crippen molar-refractivity contribution in [3.63, 3.8) is 0 Å². The number of hydrogen-bond acceptors (Lipinski definition) is 4. The maximum atomic E-state index is 12.4. The lowest BCUT2D eigenvalue weighted by molar-refractivity contribution is 0.0697. The van der Waals surface area contributed by atoms with Crippen molar-refractivity contribution in [2.24, 2.45) is 0 Å². The van der Waals surface area contributed by atoms with Crippen LogP contribution < -0.4 is 4.18 Å². The molecule has 0 unspecified atom stereocenters. The second kappa shape index (κ2) is 6.14. The molecule has 24 heavy (non-hydrogen) atoms. The minimum absolute atomic E-state index is 0.0489. The largest absolute Gasteiger partial charge is 0.478 e. The number of benzene rings is 3. The standard InChI is InChI=1S/C17H11ClO5S/c18-16-8-7-14(10-15(16)17(19)20)24(21,22)23-13-6-5-11-3-1-2-4-12(11)9-13/h1-10H,(H,19,20). The average molecular weight is 363 g/mol. The van der Waals surface area contributed by atoms with Gasteiger partial charge in [-0.25, -0.2) is 4.79 Å². The molecule has 3 rings (SSSR count). The molecule has 0 aliphatic rings. The number of halogens is 1. The molecule has 3 aromatic carbocycles. The highest BCUT2D eigenvalue weighted by Crippen LogP contribution is 2.26. The maximum absolute atomic E-state index is 12.4. The second-order valence-electron chi connectivity index (χ2n) is 4.99. The molecular weight excluding hydrogens is 352 g/mol. The second-order valence-corrected chi connectivity index (χ2v) is 6.95. The highest BCUT2D eigenvalue weighted by molar-refractivity contribution is 7.87. The van der Waals surface area contributed by atoms with E-state index in [1.54, 1.807) is 12.1 Å². The lowest BCUT2D eigenvalue weighted by atomic mass is 10.1. The summed E-state index contributed by atoms with van der Waals surface area (Å²) in [4.78, 5) is 10.8. The summed E-state index contributed by atoms with van der Waals surface area (Å²) in [6, 6.07) is 15.7. The third-order valence-electron chi connectivity index (χ3n) is 3.38. The zero-order valence-electron chi connectivity index (χ0n) is 12.1. The summed E-state index contributed by atoms with van der Waals surface area (Å²) < 4.78 is 29.8. The third-order valence-corrected chi connectivity index (χ3v) is 4.96. The minimum atomic E-state index is -4.18. The van der Waals surface area contributed by atoms with Crippen LogP contribution in [0.1, 0.15) is 10.4 Å². The van der Waals surface area contributed by atoms with E-state index in [4.69, 9.17) is 20.9 Å². The molecule has 0 radical (unpaired) electrons. The summed E-state index contributed by atoms with van der Waals surface area (Å²) in [5.41, 5.74) is -0.306. The summed E-state index contributed by atoms with van der Waals surface area (Å²) in [5, 5.41) is 10.8. The lowest BCUT2D eigenvalue weighted by Crippen LogP contribution is -2.11. The van der Waals surface area contributed by atoms with Crippen molar-refractivity contribution in [2.75, 3.05) is 0 Å². The Morgan fingerprint density at radius 3 is 2.38 bits per heavy atom. The fraction of sp³-hybridized carbons (Fsp3) is 0. The van der Waals surface area contributed by atoms with Gasteiger partial charge in [0.25, 0.3) is 0 Å². The quantitative estimate of drug-likeness (QED) is 0.710. The van der Waals surface area contributed by atoms with Crippen molar-refractivity contribution >= 4 is 38.5 Å². The van der Waals surface area contributed by atoms with Crippen LogP contribution in [0.2, 0.25) is 5.02 Å². The SMILES string of the molecule is O=C(O)c1cc(S(=O)(=O)Oc2ccc3ccccc3c2)ccc1Cl. The first kappa shape index (κ1) is 16.3. The predicted octanol–water partition coefficient (Wildman–Crippen LogP) is 3.96. The van der Waals surface area contributed by atoms with E-state index in [0.717, 1.165) is 16.8 Å². The molecule has 0 spiro atoms. The Labute approximate surface area is 143 Å². The van der Waals surface area contributed by atoms with Gasteiger partial charge in [0.05, 0.1) is 10.6 Å². The first-order chi connectivity index (χ1) is 11.4. The lowest BCUT2D eigenvalue weighted by Gasteiger charge is -2.09. The van der Waals surface area contributed by atoms with Gasteiger partial charge in [0.2, 0.25) is 0 Å². The Balaban J connectivity index is 1.98. The Morgan fingerprint density at radius 2 is 1.67 bits per heavy atom. The molecule has 5 nitrogen and oxygen atoms in total. The van der Waals surface area contributed by atoms with Crippen LogP contribution >= 0.6 is 11.6 Å². The molecule has 3 aromatic rings. The topological polar surface area (TPSA) is 80.7 Å². The van der Waals surface area contributed by atoms with Crippen molar-refractivity contribution in [1.29, 1.82) is 0 Å². The van der Waals surface area contributed by atoms with Crippen LogP contribution in [-0.4, -0.2) is 19.5 Å². The highest BCUT2D eigenvalue weighted by Gasteiger charge is 2.20. The van der Waals surface area contributed by atoms with Gasteiger partial charge in [0.1, 0.15) is 10.6 Å². The molecule has 0 fully saturated rings. The van der Waals surface area contributed by atoms with E-state index in [9.17, 15) is 13.2 Å². The van der Waals surface area contributed by atoms with E-state index in [1.165, 1.54) is 18.2 Å². The van der Waals surface area contributed by atoms with Crippen molar-refractivity contribution in [2.45, 2.75) is 4.90 Å². The van der Waals surface area contributed by atoms with Crippen LogP contribution in [0, 0.1) is 0 Å². The van der Waals surface area contributed by atoms with Crippen molar-refractivity contribution in [1.82, 2.24) is 0 Å². The Kier molecular flexibility index (Phi) is 4.17. The predicted molar refractivity (Wildman–Crippen MR) is 90.2 cm³/mol. The molecule has 0 aliphatic carbocycles. The fourth-order valence-corrected chi connectivity index (χ4v) is 3.37. The van der Waals surface area contributed by atoms with E-state index >= 15 is 0 Å². The smallest absolute Gasteiger partial charge is 0.339 e. The molecule has 0 aromatic heterocycles. The van der Waals surface area contributed by atoms with Gasteiger partial charge in [-0.3, -0.25) is 0 Å². The van der Waals surface area contributed by atoms with Gasteiger partial charge in [0, 0.05) is 0 Å². The van der Waals surface area contributed by atoms with Crippen LogP contribution in [0.15, 0.2) is 65.6 Å². The van der Waals surface area contributed by atoms with Crippen LogP contribution in [0.3, 0.4) is 0 Å². The van der Waals surface area contributed by atoms with Crippen LogP contribution in [0.5, 0.6) is 5.75 Å². The minimum Gasteiger partial charge on any atom is -0.478 e. The highest BCUT2D eigenvalue weighted by atomic mass is 35.5. The molecule has 0 amide bonds. The summed E-state index contributed by atoms with van der Waals surface area (Å²) in [5.74, 6) is -1.18. The summed E-state index contributed by atoms with van der Waals surface area (Å²) in [6.07, 6.45) is 0. The van der Waals surface area contributed by atoms with Crippen molar-refractivity contribution in [3.05, 3.63) is 71.2 Å². The normalized spacial score (nSPS) is 11.4. The number of carboxylic acid groups (broad SMARTS) is 1. The van der Waals surface area contributed by atoms with Gasteiger partial charge in [0.15, 0.2) is 0 Å². The molecule has 0 saturated heterocycles. The van der Waals surface area contributed by atoms with Crippen molar-refractivity contribution < 1.29 is 22.5 Å².